The highest BCUT2D eigenvalue weighted by molar-refractivity contribution is 7.17. The zero-order chi connectivity index (χ0) is 21.7. The molecule has 2 aromatic carbocycles. The van der Waals surface area contributed by atoms with Gasteiger partial charge >= 0.3 is 0 Å². The summed E-state index contributed by atoms with van der Waals surface area (Å²) in [6.45, 7) is 12.0. The third-order valence-electron chi connectivity index (χ3n) is 4.93. The Labute approximate surface area is 182 Å². The summed E-state index contributed by atoms with van der Waals surface area (Å²) in [5.41, 5.74) is 6.63. The molecule has 0 atom stereocenters. The van der Waals surface area contributed by atoms with E-state index in [0.717, 1.165) is 40.7 Å². The molecule has 0 fully saturated rings. The Balaban J connectivity index is 0.00000124. The van der Waals surface area contributed by atoms with Gasteiger partial charge in [0.05, 0.1) is 11.7 Å². The maximum atomic E-state index is 9.47. The van der Waals surface area contributed by atoms with Crippen molar-refractivity contribution >= 4 is 11.3 Å². The first-order chi connectivity index (χ1) is 14.6. The molecule has 0 radical (unpaired) electrons. The van der Waals surface area contributed by atoms with E-state index < -0.39 is 0 Å². The lowest BCUT2D eigenvalue weighted by atomic mass is 9.93. The second-order valence-corrected chi connectivity index (χ2v) is 8.18. The van der Waals surface area contributed by atoms with Gasteiger partial charge in [-0.1, -0.05) is 37.3 Å². The number of hydrogen-bond donors (Lipinski definition) is 1. The Morgan fingerprint density at radius 2 is 1.90 bits per heavy atom. The van der Waals surface area contributed by atoms with Crippen LogP contribution in [0.1, 0.15) is 49.9 Å². The highest BCUT2D eigenvalue weighted by Crippen LogP contribution is 2.35. The molecule has 2 heterocycles. The predicted molar refractivity (Wildman–Crippen MR) is 123 cm³/mol. The summed E-state index contributed by atoms with van der Waals surface area (Å²) >= 11 is 1.55. The van der Waals surface area contributed by atoms with Crippen LogP contribution in [-0.4, -0.2) is 22.8 Å². The summed E-state index contributed by atoms with van der Waals surface area (Å²) in [6, 6.07) is 12.2. The molecule has 0 aliphatic carbocycles. The monoisotopic (exact) mass is 420 g/mol. The molecule has 1 N–H and O–H groups in total. The van der Waals surface area contributed by atoms with E-state index in [0.29, 0.717) is 11.3 Å². The summed E-state index contributed by atoms with van der Waals surface area (Å²) in [5, 5.41) is 23.4. The average molecular weight is 421 g/mol. The number of rotatable bonds is 4. The van der Waals surface area contributed by atoms with Crippen LogP contribution < -0.4 is 10.1 Å². The Kier molecular flexibility index (Phi) is 7.20. The van der Waals surface area contributed by atoms with Crippen LogP contribution in [0.15, 0.2) is 30.3 Å². The van der Waals surface area contributed by atoms with Crippen LogP contribution in [0.4, 0.5) is 0 Å². The number of aromatic nitrogens is 2. The van der Waals surface area contributed by atoms with Gasteiger partial charge in [0.15, 0.2) is 0 Å². The number of ether oxygens (including phenoxy) is 1. The first kappa shape index (κ1) is 21.9. The lowest BCUT2D eigenvalue weighted by Gasteiger charge is -2.20. The van der Waals surface area contributed by atoms with Gasteiger partial charge in [0.25, 0.3) is 0 Å². The second-order valence-electron chi connectivity index (χ2n) is 7.20. The molecular formula is C24H28N4OS. The van der Waals surface area contributed by atoms with Gasteiger partial charge in [-0.3, -0.25) is 0 Å². The van der Waals surface area contributed by atoms with Gasteiger partial charge in [-0.15, -0.1) is 10.2 Å². The van der Waals surface area contributed by atoms with Crippen LogP contribution in [0, 0.1) is 18.3 Å². The average Bonchev–Trinajstić information content (AvgIpc) is 3.25. The zero-order valence-corrected chi connectivity index (χ0v) is 19.1. The largest absolute Gasteiger partial charge is 0.490 e. The fourth-order valence-corrected chi connectivity index (χ4v) is 4.47. The van der Waals surface area contributed by atoms with E-state index in [-0.39, 0.29) is 6.10 Å². The molecule has 0 saturated heterocycles. The number of benzene rings is 2. The van der Waals surface area contributed by atoms with Crippen molar-refractivity contribution in [2.45, 2.75) is 53.7 Å². The van der Waals surface area contributed by atoms with Gasteiger partial charge in [0, 0.05) is 17.7 Å². The molecule has 6 heteroatoms. The van der Waals surface area contributed by atoms with Crippen LogP contribution in [0.5, 0.6) is 5.75 Å². The van der Waals surface area contributed by atoms with Crippen LogP contribution in [0.3, 0.4) is 0 Å². The van der Waals surface area contributed by atoms with Crippen molar-refractivity contribution < 1.29 is 4.74 Å². The quantitative estimate of drug-likeness (QED) is 0.602. The normalized spacial score (nSPS) is 12.6. The third kappa shape index (κ3) is 4.53. The van der Waals surface area contributed by atoms with Gasteiger partial charge < -0.3 is 10.1 Å². The minimum absolute atomic E-state index is 0.0215. The second kappa shape index (κ2) is 9.84. The molecule has 0 saturated carbocycles. The minimum Gasteiger partial charge on any atom is -0.490 e. The SMILES string of the molecule is CC.Cc1c(-c2nnc(-c3ccc(OC(C)C)c(C#N)c3)s2)ccc2c1CCNC2. The first-order valence-electron chi connectivity index (χ1n) is 10.4. The number of hydrogen-bond acceptors (Lipinski definition) is 6. The molecule has 156 valence electrons. The topological polar surface area (TPSA) is 70.8 Å². The van der Waals surface area contributed by atoms with E-state index in [1.54, 1.807) is 11.3 Å². The summed E-state index contributed by atoms with van der Waals surface area (Å²) in [4.78, 5) is 0. The van der Waals surface area contributed by atoms with Gasteiger partial charge in [0.1, 0.15) is 21.8 Å². The molecule has 0 spiro atoms. The molecule has 1 aromatic heterocycles. The highest BCUT2D eigenvalue weighted by Gasteiger charge is 2.18. The van der Waals surface area contributed by atoms with Crippen LogP contribution in [0.25, 0.3) is 21.1 Å². The van der Waals surface area contributed by atoms with Crippen molar-refractivity contribution in [2.75, 3.05) is 6.54 Å². The van der Waals surface area contributed by atoms with E-state index in [9.17, 15) is 5.26 Å². The molecule has 4 rings (SSSR count). The number of nitriles is 1. The van der Waals surface area contributed by atoms with E-state index in [2.05, 4.69) is 40.6 Å². The van der Waals surface area contributed by atoms with E-state index in [1.807, 2.05) is 45.9 Å². The molecule has 1 aliphatic heterocycles. The lowest BCUT2D eigenvalue weighted by molar-refractivity contribution is 0.242. The number of fused-ring (bicyclic) bond motifs is 1. The fourth-order valence-electron chi connectivity index (χ4n) is 3.55. The zero-order valence-electron chi connectivity index (χ0n) is 18.2. The minimum atomic E-state index is 0.0215. The maximum absolute atomic E-state index is 9.47. The van der Waals surface area contributed by atoms with Gasteiger partial charge in [-0.25, -0.2) is 0 Å². The fraction of sp³-hybridized carbons (Fsp3) is 0.375. The molecular weight excluding hydrogens is 392 g/mol. The van der Waals surface area contributed by atoms with Crippen LogP contribution >= 0.6 is 11.3 Å². The van der Waals surface area contributed by atoms with E-state index in [4.69, 9.17) is 4.74 Å². The van der Waals surface area contributed by atoms with Crippen molar-refractivity contribution in [1.29, 1.82) is 5.26 Å². The van der Waals surface area contributed by atoms with Gasteiger partial charge in [0.2, 0.25) is 0 Å². The van der Waals surface area contributed by atoms with Crippen molar-refractivity contribution in [3.8, 4) is 33.0 Å². The molecule has 0 unspecified atom stereocenters. The Morgan fingerprint density at radius 1 is 1.13 bits per heavy atom. The predicted octanol–water partition coefficient (Wildman–Crippen LogP) is 5.51. The van der Waals surface area contributed by atoms with Crippen LogP contribution in [-0.2, 0) is 13.0 Å². The molecule has 0 bridgehead atoms. The van der Waals surface area contributed by atoms with Gasteiger partial charge in [-0.2, -0.15) is 5.26 Å². The molecule has 5 nitrogen and oxygen atoms in total. The first-order valence-corrected chi connectivity index (χ1v) is 11.3. The standard InChI is InChI=1S/C22H22N4OS.C2H6/c1-13(2)27-20-7-5-15(10-17(20)11-23)21-25-26-22(28-21)19-6-4-16-12-24-9-8-18(16)14(19)3;1-2/h4-7,10,13,24H,8-9,12H2,1-3H3;1-2H3. The summed E-state index contributed by atoms with van der Waals surface area (Å²) in [6.07, 6.45) is 1.07. The molecule has 1 aliphatic rings. The van der Waals surface area contributed by atoms with Crippen molar-refractivity contribution in [3.05, 3.63) is 52.6 Å². The molecule has 0 amide bonds. The molecule has 3 aromatic rings. The summed E-state index contributed by atoms with van der Waals surface area (Å²) < 4.78 is 5.71. The Morgan fingerprint density at radius 3 is 2.63 bits per heavy atom. The van der Waals surface area contributed by atoms with E-state index in [1.165, 1.54) is 16.7 Å². The van der Waals surface area contributed by atoms with Crippen molar-refractivity contribution in [3.63, 3.8) is 0 Å². The summed E-state index contributed by atoms with van der Waals surface area (Å²) in [5.74, 6) is 0.602. The molecule has 30 heavy (non-hydrogen) atoms. The van der Waals surface area contributed by atoms with Crippen LogP contribution in [0.2, 0.25) is 0 Å². The Hall–Kier alpha value is -2.75. The lowest BCUT2D eigenvalue weighted by Crippen LogP contribution is -2.24. The smallest absolute Gasteiger partial charge is 0.148 e. The van der Waals surface area contributed by atoms with E-state index >= 15 is 0 Å². The Bertz CT molecular complexity index is 1070. The number of nitrogens with one attached hydrogen (secondary N) is 1. The van der Waals surface area contributed by atoms with Crippen molar-refractivity contribution in [1.82, 2.24) is 15.5 Å². The van der Waals surface area contributed by atoms with Gasteiger partial charge in [-0.05, 0) is 68.6 Å². The number of nitrogens with zero attached hydrogens (tertiary/aromatic N) is 3. The third-order valence-corrected chi connectivity index (χ3v) is 5.93. The maximum Gasteiger partial charge on any atom is 0.148 e. The van der Waals surface area contributed by atoms with Crippen molar-refractivity contribution in [2.24, 2.45) is 0 Å². The summed E-state index contributed by atoms with van der Waals surface area (Å²) in [7, 11) is 0. The highest BCUT2D eigenvalue weighted by atomic mass is 32.1.